The number of amides is 2. The van der Waals surface area contributed by atoms with Crippen molar-refractivity contribution < 1.29 is 33.7 Å². The molecule has 3 N–H and O–H groups in total. The zero-order valence-corrected chi connectivity index (χ0v) is 19.9. The van der Waals surface area contributed by atoms with E-state index >= 15 is 0 Å². The van der Waals surface area contributed by atoms with Gasteiger partial charge in [-0.2, -0.15) is 5.10 Å². The average molecular weight is 497 g/mol. The number of nitrogens with one attached hydrogen (secondary N) is 2. The number of anilines is 1. The van der Waals surface area contributed by atoms with Gasteiger partial charge in [0.1, 0.15) is 23.4 Å². The molecule has 1 saturated carbocycles. The van der Waals surface area contributed by atoms with E-state index in [9.17, 15) is 19.5 Å². The van der Waals surface area contributed by atoms with Gasteiger partial charge in [0.05, 0.1) is 18.7 Å². The summed E-state index contributed by atoms with van der Waals surface area (Å²) in [5.74, 6) is 2.55. The summed E-state index contributed by atoms with van der Waals surface area (Å²) in [6.45, 7) is 0.207. The fraction of sp³-hybridized carbons (Fsp3) is 0.440. The van der Waals surface area contributed by atoms with Crippen LogP contribution in [0.1, 0.15) is 54.1 Å². The number of phenolic OH excluding ortho intramolecular Hbond substituents is 1. The SMILES string of the molecule is C#C[C@@H]1CCCN1C(=O)O[C@@H]1CC[C@H](c2cc(NC(=O)COc3cc(OC)cc(O)c3C=O)n[nH]2)C1. The topological polar surface area (TPSA) is 143 Å². The molecule has 1 aromatic carbocycles. The lowest BCUT2D eigenvalue weighted by Gasteiger charge is -2.22. The van der Waals surface area contributed by atoms with Crippen molar-refractivity contribution in [3.05, 3.63) is 29.5 Å². The van der Waals surface area contributed by atoms with Gasteiger partial charge in [-0.15, -0.1) is 6.42 Å². The zero-order valence-electron chi connectivity index (χ0n) is 19.9. The van der Waals surface area contributed by atoms with Crippen LogP contribution in [0.4, 0.5) is 10.6 Å². The van der Waals surface area contributed by atoms with Gasteiger partial charge in [0.2, 0.25) is 0 Å². The lowest BCUT2D eigenvalue weighted by atomic mass is 10.0. The van der Waals surface area contributed by atoms with E-state index in [2.05, 4.69) is 21.4 Å². The second-order valence-electron chi connectivity index (χ2n) is 8.76. The number of hydrogen-bond acceptors (Lipinski definition) is 8. The van der Waals surface area contributed by atoms with Crippen LogP contribution in [-0.2, 0) is 9.53 Å². The maximum Gasteiger partial charge on any atom is 0.411 e. The minimum Gasteiger partial charge on any atom is -0.507 e. The molecule has 1 aliphatic heterocycles. The minimum absolute atomic E-state index is 0.0220. The Balaban J connectivity index is 1.28. The standard InChI is InChI=1S/C25H28N4O7/c1-3-16-5-4-8-29(16)25(33)36-17-7-6-15(9-17)20-12-23(28-27-20)26-24(32)14-35-22-11-18(34-2)10-21(31)19(22)13-30/h1,10-13,15-17,31H,4-9,14H2,2H3,(H2,26,27,28,32)/t15-,16+,17+/m0/s1. The van der Waals surface area contributed by atoms with Gasteiger partial charge in [0, 0.05) is 36.4 Å². The number of aromatic amines is 1. The third kappa shape index (κ3) is 5.54. The molecule has 11 nitrogen and oxygen atoms in total. The Morgan fingerprint density at radius 1 is 1.33 bits per heavy atom. The molecule has 3 atom stereocenters. The van der Waals surface area contributed by atoms with Gasteiger partial charge >= 0.3 is 6.09 Å². The first-order chi connectivity index (χ1) is 17.4. The van der Waals surface area contributed by atoms with Crippen LogP contribution in [0.15, 0.2) is 18.2 Å². The second-order valence-corrected chi connectivity index (χ2v) is 8.76. The smallest absolute Gasteiger partial charge is 0.411 e. The molecule has 0 spiro atoms. The summed E-state index contributed by atoms with van der Waals surface area (Å²) in [7, 11) is 1.40. The van der Waals surface area contributed by atoms with Crippen LogP contribution in [0.2, 0.25) is 0 Å². The third-order valence-corrected chi connectivity index (χ3v) is 6.44. The summed E-state index contributed by atoms with van der Waals surface area (Å²) in [6, 6.07) is 4.22. The minimum atomic E-state index is -0.501. The van der Waals surface area contributed by atoms with Gasteiger partial charge in [-0.1, -0.05) is 5.92 Å². The molecule has 190 valence electrons. The molecule has 0 bridgehead atoms. The van der Waals surface area contributed by atoms with Crippen molar-refractivity contribution in [2.24, 2.45) is 0 Å². The molecule has 1 saturated heterocycles. The van der Waals surface area contributed by atoms with Gasteiger partial charge in [-0.3, -0.25) is 19.6 Å². The second kappa shape index (κ2) is 11.0. The largest absolute Gasteiger partial charge is 0.507 e. The number of nitrogens with zero attached hydrogens (tertiary/aromatic N) is 2. The molecule has 11 heteroatoms. The number of carbonyl (C=O) groups excluding carboxylic acids is 3. The number of H-pyrrole nitrogens is 1. The molecule has 2 fully saturated rings. The first kappa shape index (κ1) is 24.9. The summed E-state index contributed by atoms with van der Waals surface area (Å²) in [5, 5.41) is 19.6. The Kier molecular flexibility index (Phi) is 7.63. The van der Waals surface area contributed by atoms with E-state index in [1.54, 1.807) is 11.0 Å². The van der Waals surface area contributed by atoms with Crippen molar-refractivity contribution in [3.63, 3.8) is 0 Å². The van der Waals surface area contributed by atoms with Crippen molar-refractivity contribution in [2.45, 2.75) is 50.2 Å². The highest BCUT2D eigenvalue weighted by molar-refractivity contribution is 5.91. The molecule has 0 unspecified atom stereocenters. The number of aromatic hydroxyl groups is 1. The van der Waals surface area contributed by atoms with Crippen molar-refractivity contribution >= 4 is 24.1 Å². The van der Waals surface area contributed by atoms with Gasteiger partial charge in [-0.05, 0) is 32.1 Å². The van der Waals surface area contributed by atoms with Crippen LogP contribution in [0.25, 0.3) is 0 Å². The van der Waals surface area contributed by atoms with Gasteiger partial charge < -0.3 is 24.6 Å². The predicted octanol–water partition coefficient (Wildman–Crippen LogP) is 2.82. The van der Waals surface area contributed by atoms with E-state index in [1.807, 2.05) is 0 Å². The molecule has 2 heterocycles. The van der Waals surface area contributed by atoms with Crippen molar-refractivity contribution in [1.29, 1.82) is 0 Å². The fourth-order valence-electron chi connectivity index (χ4n) is 4.57. The fourth-order valence-corrected chi connectivity index (χ4v) is 4.57. The zero-order chi connectivity index (χ0) is 25.7. The molecule has 2 amide bonds. The maximum atomic E-state index is 12.5. The lowest BCUT2D eigenvalue weighted by Crippen LogP contribution is -2.36. The van der Waals surface area contributed by atoms with Crippen LogP contribution in [0, 0.1) is 12.3 Å². The molecule has 2 aliphatic rings. The highest BCUT2D eigenvalue weighted by atomic mass is 16.6. The van der Waals surface area contributed by atoms with E-state index < -0.39 is 12.5 Å². The summed E-state index contributed by atoms with van der Waals surface area (Å²) in [4.78, 5) is 37.7. The molecule has 0 radical (unpaired) electrons. The van der Waals surface area contributed by atoms with Crippen LogP contribution >= 0.6 is 0 Å². The number of benzene rings is 1. The highest BCUT2D eigenvalue weighted by Crippen LogP contribution is 2.36. The van der Waals surface area contributed by atoms with E-state index in [-0.39, 0.29) is 47.0 Å². The van der Waals surface area contributed by atoms with Crippen molar-refractivity contribution in [2.75, 3.05) is 25.6 Å². The normalized spacial score (nSPS) is 21.0. The summed E-state index contributed by atoms with van der Waals surface area (Å²) in [5.41, 5.74) is 0.745. The summed E-state index contributed by atoms with van der Waals surface area (Å²) in [6.07, 6.45) is 9.24. The Morgan fingerprint density at radius 3 is 2.92 bits per heavy atom. The van der Waals surface area contributed by atoms with E-state index in [4.69, 9.17) is 20.6 Å². The molecular formula is C25H28N4O7. The van der Waals surface area contributed by atoms with Gasteiger partial charge in [0.15, 0.2) is 18.7 Å². The summed E-state index contributed by atoms with van der Waals surface area (Å²) < 4.78 is 16.1. The Morgan fingerprint density at radius 2 is 2.17 bits per heavy atom. The highest BCUT2D eigenvalue weighted by Gasteiger charge is 2.34. The first-order valence-corrected chi connectivity index (χ1v) is 11.7. The number of aldehydes is 1. The van der Waals surface area contributed by atoms with Gasteiger partial charge in [-0.25, -0.2) is 4.79 Å². The monoisotopic (exact) mass is 496 g/mol. The van der Waals surface area contributed by atoms with Crippen LogP contribution in [0.3, 0.4) is 0 Å². The Bertz CT molecular complexity index is 1170. The molecule has 1 aromatic heterocycles. The van der Waals surface area contributed by atoms with Crippen molar-refractivity contribution in [3.8, 4) is 29.6 Å². The number of rotatable bonds is 8. The third-order valence-electron chi connectivity index (χ3n) is 6.44. The molecule has 36 heavy (non-hydrogen) atoms. The predicted molar refractivity (Wildman–Crippen MR) is 128 cm³/mol. The quantitative estimate of drug-likeness (QED) is 0.374. The number of phenols is 1. The number of terminal acetylenes is 1. The number of aromatic nitrogens is 2. The van der Waals surface area contributed by atoms with Crippen molar-refractivity contribution in [1.82, 2.24) is 15.1 Å². The molecule has 4 rings (SSSR count). The number of likely N-dealkylation sites (tertiary alicyclic amines) is 1. The number of ether oxygens (including phenoxy) is 3. The van der Waals surface area contributed by atoms with Crippen LogP contribution in [-0.4, -0.2) is 70.9 Å². The number of methoxy groups -OCH3 is 1. The molecule has 2 aromatic rings. The van der Waals surface area contributed by atoms with E-state index in [0.29, 0.717) is 25.1 Å². The number of hydrogen-bond donors (Lipinski definition) is 3. The van der Waals surface area contributed by atoms with Gasteiger partial charge in [0.25, 0.3) is 5.91 Å². The van der Waals surface area contributed by atoms with Crippen LogP contribution in [0.5, 0.6) is 17.2 Å². The number of carbonyl (C=O) groups is 3. The first-order valence-electron chi connectivity index (χ1n) is 11.7. The average Bonchev–Trinajstić information content (AvgIpc) is 3.63. The molecule has 1 aliphatic carbocycles. The molecular weight excluding hydrogens is 468 g/mol. The maximum absolute atomic E-state index is 12.5. The lowest BCUT2D eigenvalue weighted by molar-refractivity contribution is -0.118. The van der Waals surface area contributed by atoms with E-state index in [0.717, 1.165) is 31.4 Å². The Labute approximate surface area is 208 Å². The van der Waals surface area contributed by atoms with Crippen LogP contribution < -0.4 is 14.8 Å². The summed E-state index contributed by atoms with van der Waals surface area (Å²) >= 11 is 0. The van der Waals surface area contributed by atoms with E-state index in [1.165, 1.54) is 19.2 Å². The Hall–Kier alpha value is -4.20.